The Morgan fingerprint density at radius 2 is 1.77 bits per heavy atom. The van der Waals surface area contributed by atoms with E-state index >= 15 is 0 Å². The zero-order valence-electron chi connectivity index (χ0n) is 7.23. The van der Waals surface area contributed by atoms with Crippen molar-refractivity contribution in [3.8, 4) is 0 Å². The molecule has 5 nitrogen and oxygen atoms in total. The number of carboxylic acid groups (broad SMARTS) is 1. The van der Waals surface area contributed by atoms with Crippen molar-refractivity contribution in [1.29, 1.82) is 0 Å². The molecule has 0 radical (unpaired) electrons. The molecule has 0 aliphatic heterocycles. The van der Waals surface area contributed by atoms with Gasteiger partial charge in [0.1, 0.15) is 6.04 Å². The van der Waals surface area contributed by atoms with Crippen molar-refractivity contribution in [1.82, 2.24) is 0 Å². The van der Waals surface area contributed by atoms with Gasteiger partial charge in [-0.15, -0.1) is 34.0 Å². The van der Waals surface area contributed by atoms with Crippen LogP contribution in [0.5, 0.6) is 0 Å². The minimum absolute atomic E-state index is 0. The maximum absolute atomic E-state index is 10.1. The highest BCUT2D eigenvalue weighted by atomic mass is 79.9. The first-order valence-electron chi connectivity index (χ1n) is 3.37. The fraction of sp³-hybridized carbons (Fsp3) is 0.833. The van der Waals surface area contributed by atoms with Crippen molar-refractivity contribution in [3.05, 3.63) is 0 Å². The maximum atomic E-state index is 10.1. The summed E-state index contributed by atoms with van der Waals surface area (Å²) in [7, 11) is 0. The van der Waals surface area contributed by atoms with E-state index < -0.39 is 12.0 Å². The van der Waals surface area contributed by atoms with Crippen LogP contribution in [0.4, 0.5) is 0 Å². The third kappa shape index (κ3) is 15.1. The van der Waals surface area contributed by atoms with Crippen molar-refractivity contribution in [2.45, 2.75) is 25.3 Å². The van der Waals surface area contributed by atoms with Crippen LogP contribution in [-0.4, -0.2) is 29.1 Å². The first-order valence-corrected chi connectivity index (χ1v) is 3.37. The Balaban J connectivity index is -0.000000135. The number of unbranched alkanes of at least 4 members (excludes halogenated alkanes) is 1. The van der Waals surface area contributed by atoms with Gasteiger partial charge in [-0.25, -0.2) is 0 Å². The molecule has 0 aliphatic carbocycles. The van der Waals surface area contributed by atoms with Gasteiger partial charge in [0, 0.05) is 0 Å². The van der Waals surface area contributed by atoms with E-state index in [1.807, 2.05) is 0 Å². The molecule has 0 bridgehead atoms. The Labute approximate surface area is 98.7 Å². The van der Waals surface area contributed by atoms with Crippen LogP contribution in [0.25, 0.3) is 0 Å². The SMILES string of the molecule is Br.Br.NCCCCC(N)C(=O)O.O. The molecule has 0 saturated heterocycles. The molecule has 0 aromatic rings. The van der Waals surface area contributed by atoms with Gasteiger partial charge < -0.3 is 22.1 Å². The van der Waals surface area contributed by atoms with E-state index in [9.17, 15) is 4.79 Å². The number of nitrogens with two attached hydrogens (primary N) is 2. The predicted molar refractivity (Wildman–Crippen MR) is 62.8 cm³/mol. The van der Waals surface area contributed by atoms with E-state index in [-0.39, 0.29) is 39.4 Å². The molecule has 0 amide bonds. The summed E-state index contributed by atoms with van der Waals surface area (Å²) in [5, 5.41) is 8.33. The van der Waals surface area contributed by atoms with Gasteiger partial charge in [-0.1, -0.05) is 6.42 Å². The molecule has 0 aromatic heterocycles. The van der Waals surface area contributed by atoms with E-state index in [4.69, 9.17) is 16.6 Å². The molecule has 84 valence electrons. The average Bonchev–Trinajstić information content (AvgIpc) is 1.88. The topological polar surface area (TPSA) is 121 Å². The van der Waals surface area contributed by atoms with Crippen LogP contribution in [0.3, 0.4) is 0 Å². The van der Waals surface area contributed by atoms with E-state index in [0.717, 1.165) is 12.8 Å². The first-order chi connectivity index (χ1) is 4.68. The summed E-state index contributed by atoms with van der Waals surface area (Å²) >= 11 is 0. The standard InChI is InChI=1S/C6H14N2O2.2BrH.H2O/c7-4-2-1-3-5(8)6(9)10;;;/h5H,1-4,7-8H2,(H,9,10);2*1H;1H2. The lowest BCUT2D eigenvalue weighted by molar-refractivity contribution is -0.138. The van der Waals surface area contributed by atoms with Crippen LogP contribution in [-0.2, 0) is 4.79 Å². The van der Waals surface area contributed by atoms with Crippen molar-refractivity contribution in [2.24, 2.45) is 11.5 Å². The second-order valence-electron chi connectivity index (χ2n) is 2.23. The van der Waals surface area contributed by atoms with E-state index in [1.165, 1.54) is 0 Å². The number of carbonyl (C=O) groups is 1. The second-order valence-corrected chi connectivity index (χ2v) is 2.23. The summed E-state index contributed by atoms with van der Waals surface area (Å²) in [6, 6.07) is -0.716. The minimum atomic E-state index is -0.933. The zero-order chi connectivity index (χ0) is 7.98. The van der Waals surface area contributed by atoms with Crippen LogP contribution in [0.2, 0.25) is 0 Å². The fourth-order valence-corrected chi connectivity index (χ4v) is 0.632. The van der Waals surface area contributed by atoms with Gasteiger partial charge in [-0.3, -0.25) is 4.79 Å². The number of aliphatic carboxylic acids is 1. The molecule has 0 rings (SSSR count). The number of carboxylic acids is 1. The molecule has 0 heterocycles. The maximum Gasteiger partial charge on any atom is 0.320 e. The zero-order valence-corrected chi connectivity index (χ0v) is 10.7. The Morgan fingerprint density at radius 3 is 2.08 bits per heavy atom. The highest BCUT2D eigenvalue weighted by Crippen LogP contribution is 1.96. The van der Waals surface area contributed by atoms with Gasteiger partial charge >= 0.3 is 5.97 Å². The molecule has 1 unspecified atom stereocenters. The quantitative estimate of drug-likeness (QED) is 0.609. The molecule has 0 fully saturated rings. The monoisotopic (exact) mass is 324 g/mol. The van der Waals surface area contributed by atoms with Gasteiger partial charge in [0.05, 0.1) is 0 Å². The lowest BCUT2D eigenvalue weighted by Crippen LogP contribution is -2.29. The third-order valence-corrected chi connectivity index (χ3v) is 1.29. The fourth-order valence-electron chi connectivity index (χ4n) is 0.632. The third-order valence-electron chi connectivity index (χ3n) is 1.29. The average molecular weight is 326 g/mol. The number of hydrogen-bond acceptors (Lipinski definition) is 3. The molecular formula is C6H18Br2N2O3. The van der Waals surface area contributed by atoms with Crippen LogP contribution in [0.1, 0.15) is 19.3 Å². The van der Waals surface area contributed by atoms with Crippen molar-refractivity contribution >= 4 is 39.9 Å². The van der Waals surface area contributed by atoms with Gasteiger partial charge in [-0.2, -0.15) is 0 Å². The van der Waals surface area contributed by atoms with E-state index in [1.54, 1.807) is 0 Å². The predicted octanol–water partition coefficient (Wildman–Crippen LogP) is -0.142. The number of rotatable bonds is 5. The Kier molecular flexibility index (Phi) is 26.5. The minimum Gasteiger partial charge on any atom is -0.480 e. The second kappa shape index (κ2) is 14.8. The summed E-state index contributed by atoms with van der Waals surface area (Å²) in [5.41, 5.74) is 10.4. The molecule has 1 atom stereocenters. The van der Waals surface area contributed by atoms with Crippen molar-refractivity contribution in [2.75, 3.05) is 6.54 Å². The molecule has 7 N–H and O–H groups in total. The van der Waals surface area contributed by atoms with Crippen LogP contribution in [0.15, 0.2) is 0 Å². The largest absolute Gasteiger partial charge is 0.480 e. The molecule has 0 aromatic carbocycles. The summed E-state index contributed by atoms with van der Waals surface area (Å²) in [6.45, 7) is 0.604. The number of hydrogen-bond donors (Lipinski definition) is 3. The summed E-state index contributed by atoms with van der Waals surface area (Å²) in [6.07, 6.45) is 2.16. The van der Waals surface area contributed by atoms with Crippen LogP contribution < -0.4 is 11.5 Å². The van der Waals surface area contributed by atoms with Crippen molar-refractivity contribution < 1.29 is 15.4 Å². The normalized spacial score (nSPS) is 10.0. The van der Waals surface area contributed by atoms with E-state index in [0.29, 0.717) is 13.0 Å². The summed E-state index contributed by atoms with van der Waals surface area (Å²) in [5.74, 6) is -0.933. The molecule has 0 saturated carbocycles. The molecule has 0 spiro atoms. The molecule has 0 aliphatic rings. The van der Waals surface area contributed by atoms with Crippen LogP contribution >= 0.6 is 34.0 Å². The Bertz CT molecular complexity index is 116. The van der Waals surface area contributed by atoms with Crippen LogP contribution in [0, 0.1) is 0 Å². The highest BCUT2D eigenvalue weighted by Gasteiger charge is 2.09. The summed E-state index contributed by atoms with van der Waals surface area (Å²) < 4.78 is 0. The Hall–Kier alpha value is 0.310. The van der Waals surface area contributed by atoms with Gasteiger partial charge in [0.15, 0.2) is 0 Å². The van der Waals surface area contributed by atoms with Crippen molar-refractivity contribution in [3.63, 3.8) is 0 Å². The van der Waals surface area contributed by atoms with Gasteiger partial charge in [0.25, 0.3) is 0 Å². The number of halogens is 2. The molecule has 7 heteroatoms. The molecule has 13 heavy (non-hydrogen) atoms. The smallest absolute Gasteiger partial charge is 0.320 e. The van der Waals surface area contributed by atoms with E-state index in [2.05, 4.69) is 0 Å². The Morgan fingerprint density at radius 1 is 1.31 bits per heavy atom. The van der Waals surface area contributed by atoms with Gasteiger partial charge in [-0.05, 0) is 19.4 Å². The summed E-state index contributed by atoms with van der Waals surface area (Å²) in [4.78, 5) is 10.1. The molecular weight excluding hydrogens is 308 g/mol. The first kappa shape index (κ1) is 23.3. The lowest BCUT2D eigenvalue weighted by atomic mass is 10.1. The van der Waals surface area contributed by atoms with Gasteiger partial charge in [0.2, 0.25) is 0 Å². The lowest BCUT2D eigenvalue weighted by Gasteiger charge is -2.03. The highest BCUT2D eigenvalue weighted by molar-refractivity contribution is 8.93.